The van der Waals surface area contributed by atoms with Crippen LogP contribution >= 0.6 is 15.6 Å². The third-order valence-corrected chi connectivity index (χ3v) is 38.4. The Hall–Kier alpha value is -5.91. The second-order valence-electron chi connectivity index (χ2n) is 39.6. The number of benzene rings is 4. The molecule has 1 heterocycles. The number of phosphoric acid groups is 1. The number of hydrogen-bond donors (Lipinski definition) is 9. The van der Waals surface area contributed by atoms with Crippen LogP contribution in [0.4, 0.5) is 18.0 Å². The highest BCUT2D eigenvalue weighted by Gasteiger charge is 2.60. The Morgan fingerprint density at radius 2 is 0.915 bits per heavy atom. The van der Waals surface area contributed by atoms with Gasteiger partial charge in [-0.1, -0.05) is 83.1 Å². The van der Waals surface area contributed by atoms with Crippen molar-refractivity contribution in [2.45, 2.75) is 288 Å². The minimum absolute atomic E-state index is 0.0806. The Morgan fingerprint density at radius 3 is 1.30 bits per heavy atom. The highest BCUT2D eigenvalue weighted by molar-refractivity contribution is 7.85. The maximum atomic E-state index is 13.3. The summed E-state index contributed by atoms with van der Waals surface area (Å²) in [5, 5.41) is 57.3. The van der Waals surface area contributed by atoms with Crippen LogP contribution in [0.3, 0.4) is 0 Å². The molecule has 0 aromatic heterocycles. The van der Waals surface area contributed by atoms with E-state index in [1.165, 1.54) is 16.7 Å². The first-order valence-electron chi connectivity index (χ1n) is 47.5. The fourth-order valence-corrected chi connectivity index (χ4v) is 30.9. The van der Waals surface area contributed by atoms with Crippen LogP contribution in [0, 0.1) is 75.4 Å². The van der Waals surface area contributed by atoms with E-state index in [-0.39, 0.29) is 85.0 Å². The summed E-state index contributed by atoms with van der Waals surface area (Å²) in [6, 6.07) is 22.7. The molecule has 1 saturated heterocycles. The van der Waals surface area contributed by atoms with Gasteiger partial charge in [0.25, 0.3) is 0 Å². The quantitative estimate of drug-likeness (QED) is 0.0148. The third kappa shape index (κ3) is 24.9. The van der Waals surface area contributed by atoms with Crippen molar-refractivity contribution in [3.63, 3.8) is 0 Å². The summed E-state index contributed by atoms with van der Waals surface area (Å²) in [6.07, 6.45) is 21.4. The lowest BCUT2D eigenvalue weighted by Crippen LogP contribution is -2.54. The smallest absolute Gasteiger partial charge is 0.480 e. The second-order valence-corrected chi connectivity index (χ2v) is 47.7. The van der Waals surface area contributed by atoms with Crippen LogP contribution in [-0.2, 0) is 90.9 Å². The molecule has 718 valence electrons. The third-order valence-electron chi connectivity index (χ3n) is 31.4. The maximum Gasteiger partial charge on any atom is 0.587 e. The maximum absolute atomic E-state index is 13.3. The summed E-state index contributed by atoms with van der Waals surface area (Å²) < 4.78 is 122. The first-order chi connectivity index (χ1) is 61.5. The zero-order valence-electron chi connectivity index (χ0n) is 75.9. The Bertz CT molecular complexity index is 4680. The molecule has 32 heteroatoms. The van der Waals surface area contributed by atoms with Crippen LogP contribution in [0.2, 0.25) is 0 Å². The van der Waals surface area contributed by atoms with Gasteiger partial charge < -0.3 is 59.4 Å². The van der Waals surface area contributed by atoms with E-state index in [1.54, 1.807) is 62.4 Å². The van der Waals surface area contributed by atoms with Crippen LogP contribution in [0.25, 0.3) is 0 Å². The molecular formula is C97H140F3N3O21P2S3. The SMILES string of the molecule is CC(=O)OP(=O)(O)Oc1ccc2c(c1)C[C@@H](CCCS(=O)CCCCF)[C@@H]1[C@@H]2CC[C@]2(C)[C@@H](O)CC[C@@H]12.CC(C)[C@H](NC(=O)Oc1ccc2c(c1)C[C@@H](CCCS(=O)CCCCF)[C@@H]1[C@@H]2CC[C@]2(C)[C@@H](O)CC[C@@H]12)C(=O)N[C@@H](Cc1ccccc1)C(=O)O.C[C@]12CC[C@@H]3c4ccc(OP(=O)(O)N5CCC[C@H]5C(=O)O)cc4C[C@@H](CCCS(=O)CCCCF)[C@H]3[C@@H]1CC[C@@H]2O. The van der Waals surface area contributed by atoms with Crippen molar-refractivity contribution in [3.8, 4) is 17.2 Å². The fourth-order valence-electron chi connectivity index (χ4n) is 25.1. The molecule has 4 aromatic rings. The van der Waals surface area contributed by atoms with Crippen molar-refractivity contribution in [2.24, 2.45) is 75.4 Å². The molecule has 10 aliphatic rings. The normalized spacial score (nSPS) is 31.3. The predicted octanol–water partition coefficient (Wildman–Crippen LogP) is 17.2. The molecule has 9 N–H and O–H groups in total. The van der Waals surface area contributed by atoms with Crippen molar-refractivity contribution in [1.29, 1.82) is 0 Å². The van der Waals surface area contributed by atoms with E-state index in [4.69, 9.17) is 13.8 Å². The molecule has 1 aliphatic heterocycles. The van der Waals surface area contributed by atoms with E-state index in [2.05, 4.69) is 42.0 Å². The molecule has 2 amide bonds. The van der Waals surface area contributed by atoms with Crippen molar-refractivity contribution in [2.75, 3.05) is 61.1 Å². The van der Waals surface area contributed by atoms with Gasteiger partial charge >= 0.3 is 39.6 Å². The number of aliphatic hydroxyl groups is 3. The monoisotopic (exact) mass is 1900 g/mol. The van der Waals surface area contributed by atoms with Gasteiger partial charge in [-0.15, -0.1) is 0 Å². The molecule has 5 unspecified atom stereocenters. The zero-order chi connectivity index (χ0) is 92.9. The number of carbonyl (C=O) groups is 5. The molecule has 9 aliphatic carbocycles. The Kier molecular flexibility index (Phi) is 36.1. The first-order valence-corrected chi connectivity index (χ1v) is 54.9. The molecule has 24 nitrogen and oxygen atoms in total. The number of hydrogen-bond acceptors (Lipinski definition) is 17. The zero-order valence-corrected chi connectivity index (χ0v) is 80.1. The minimum atomic E-state index is -4.56. The Morgan fingerprint density at radius 1 is 0.519 bits per heavy atom. The highest BCUT2D eigenvalue weighted by Crippen LogP contribution is 2.67. The predicted molar refractivity (Wildman–Crippen MR) is 492 cm³/mol. The van der Waals surface area contributed by atoms with Crippen molar-refractivity contribution >= 4 is 77.9 Å². The van der Waals surface area contributed by atoms with Crippen LogP contribution in [0.5, 0.6) is 17.2 Å². The van der Waals surface area contributed by atoms with Gasteiger partial charge in [0.2, 0.25) is 5.91 Å². The molecular weight excluding hydrogens is 1760 g/mol. The first kappa shape index (κ1) is 102. The number of rotatable bonds is 39. The molecule has 6 saturated carbocycles. The Balaban J connectivity index is 0.000000178. The summed E-state index contributed by atoms with van der Waals surface area (Å²) in [6.45, 7) is 10.4. The number of amides is 2. The van der Waals surface area contributed by atoms with Crippen LogP contribution < -0.4 is 24.4 Å². The molecule has 129 heavy (non-hydrogen) atoms. The van der Waals surface area contributed by atoms with Gasteiger partial charge in [-0.05, 0) is 355 Å². The van der Waals surface area contributed by atoms with Gasteiger partial charge in [0, 0.05) is 86.8 Å². The fraction of sp³-hybridized carbons (Fsp3) is 0.701. The number of unbranched alkanes of at least 4 members (excludes halogenated alkanes) is 3. The largest absolute Gasteiger partial charge is 0.587 e. The number of nitrogens with zero attached hydrogens (tertiary/aromatic N) is 1. The lowest BCUT2D eigenvalue weighted by atomic mass is 9.52. The number of fused-ring (bicyclic) bond motifs is 15. The number of carboxylic acid groups (broad SMARTS) is 2. The van der Waals surface area contributed by atoms with E-state index in [1.807, 2.05) is 30.3 Å². The van der Waals surface area contributed by atoms with Crippen LogP contribution in [0.15, 0.2) is 84.9 Å². The van der Waals surface area contributed by atoms with Gasteiger partial charge in [-0.25, -0.2) is 18.7 Å². The number of nitrogens with one attached hydrogen (secondary N) is 2. The molecule has 7 fully saturated rings. The number of ether oxygens (including phenoxy) is 1. The van der Waals surface area contributed by atoms with E-state index in [0.29, 0.717) is 163 Å². The molecule has 0 radical (unpaired) electrons. The standard InChI is InChI=1S/C40H55FN2O7S.C30H45FNO7PS.C27H40FO7PS/c1-25(2)36(37(45)42-33(38(46)47)22-26-10-5-4-6-11-26)43-39(48)50-29-13-14-30-28(24-29)23-27(12-9-21-51(49)20-8-7-19-41)35-31(30)17-18-40(3)32(35)15-16-34(40)44;1-30-13-12-24-23-9-8-22(39-40(36,37)32-15-4-7-26(32)29(34)35)19-21(23)18-20(28(24)25(30)10-11-27(30)33)6-5-17-41(38)16-3-2-14-31;1-18(29)34-36(31,32)35-21-7-8-22-20(17-21)16-19(6-5-15-37(33)14-4-3-13-28)26-23(22)11-12-27(2)24(26)9-10-25(27)30/h4-6,10-11,13-14,24-25,27,31-36,44H,7-9,12,15-23H2,1-3H3,(H,42,45)(H,43,48)(H,46,47);8-9,19-20,24-28,33H,2-7,10-18H2,1H3,(H,34,35)(H,36,37);7-8,17,19,23-26,30H,3-6,9-16H2,1-2H3,(H,31,32)/t27-,31-,32+,33+,34+,35-,36+,40+,51?;20-,24-,25+,26+,27+,28-,30+,41?;19-,23-,24+,25+,26-,27+,37?/m111/s1. The summed E-state index contributed by atoms with van der Waals surface area (Å²) in [4.78, 5) is 81.9. The van der Waals surface area contributed by atoms with Gasteiger partial charge in [-0.2, -0.15) is 4.67 Å². The number of aliphatic hydroxyl groups excluding tert-OH is 3. The number of carbonyl (C=O) groups excluding carboxylic acids is 3. The Labute approximate surface area is 767 Å². The molecule has 26 atom stereocenters. The van der Waals surface area contributed by atoms with E-state index < -0.39 is 96.0 Å². The van der Waals surface area contributed by atoms with Crippen LogP contribution in [-0.4, -0.2) is 180 Å². The number of carboxylic acids is 2. The van der Waals surface area contributed by atoms with E-state index in [0.717, 1.165) is 169 Å². The lowest BCUT2D eigenvalue weighted by Gasteiger charge is -2.53. The number of phosphoric ester groups is 1. The average Bonchev–Trinajstić information content (AvgIpc) is 1.66. The van der Waals surface area contributed by atoms with Crippen LogP contribution in [0.1, 0.15) is 265 Å². The number of alkyl halides is 3. The summed E-state index contributed by atoms with van der Waals surface area (Å²) in [5.74, 6) is 4.60. The summed E-state index contributed by atoms with van der Waals surface area (Å²) >= 11 is 0. The number of halogens is 3. The van der Waals surface area contributed by atoms with Gasteiger partial charge in [0.1, 0.15) is 35.4 Å². The second kappa shape index (κ2) is 45.6. The van der Waals surface area contributed by atoms with Crippen molar-refractivity contribution in [3.05, 3.63) is 124 Å². The topological polar surface area (TPSA) is 377 Å². The van der Waals surface area contributed by atoms with Gasteiger partial charge in [0.15, 0.2) is 0 Å². The number of aliphatic carboxylic acids is 2. The van der Waals surface area contributed by atoms with Gasteiger partial charge in [0.05, 0.1) is 38.3 Å². The van der Waals surface area contributed by atoms with Crippen molar-refractivity contribution in [1.82, 2.24) is 15.3 Å². The van der Waals surface area contributed by atoms with E-state index >= 15 is 0 Å². The van der Waals surface area contributed by atoms with Crippen molar-refractivity contribution < 1.29 is 113 Å². The summed E-state index contributed by atoms with van der Waals surface area (Å²) in [5.41, 5.74) is 7.52. The molecule has 4 aromatic carbocycles. The highest BCUT2D eigenvalue weighted by atomic mass is 32.2. The van der Waals surface area contributed by atoms with E-state index in [9.17, 15) is 94.2 Å². The molecule has 0 bridgehead atoms. The minimum Gasteiger partial charge on any atom is -0.480 e. The summed E-state index contributed by atoms with van der Waals surface area (Å²) in [7, 11) is -11.8. The molecule has 14 rings (SSSR count). The lowest BCUT2D eigenvalue weighted by molar-refractivity contribution is -0.142. The molecule has 0 spiro atoms. The average molecular weight is 1900 g/mol. The van der Waals surface area contributed by atoms with Gasteiger partial charge in [-0.3, -0.25) is 45.1 Å².